The smallest absolute Gasteiger partial charge is 0.368 e. The van der Waals surface area contributed by atoms with E-state index < -0.39 is 26.7 Å². The van der Waals surface area contributed by atoms with E-state index in [1.165, 1.54) is 0 Å². The van der Waals surface area contributed by atoms with Crippen molar-refractivity contribution in [1.29, 1.82) is 0 Å². The molecule has 0 aliphatic rings. The molecule has 1 aromatic heterocycles. The van der Waals surface area contributed by atoms with Gasteiger partial charge in [-0.2, -0.15) is 0 Å². The fraction of sp³-hybridized carbons (Fsp3) is 0.364. The predicted octanol–water partition coefficient (Wildman–Crippen LogP) is 0.507. The number of para-hydroxylation sites is 2. The highest BCUT2D eigenvalue weighted by molar-refractivity contribution is 7.72. The maximum Gasteiger partial charge on any atom is 0.369 e. The normalized spacial score (nSPS) is 13.7. The second-order valence-electron chi connectivity index (χ2n) is 4.94. The Labute approximate surface area is 125 Å². The number of benzene rings is 1. The summed E-state index contributed by atoms with van der Waals surface area (Å²) in [7, 11) is -9.22. The molecule has 1 heterocycles. The number of imidazole rings is 1. The fourth-order valence-corrected chi connectivity index (χ4v) is 4.32. The Kier molecular flexibility index (Phi) is 4.36. The summed E-state index contributed by atoms with van der Waals surface area (Å²) in [4.78, 5) is 40.6. The number of aromatic nitrogens is 2. The minimum absolute atomic E-state index is 0.210. The van der Waals surface area contributed by atoms with Crippen LogP contribution in [0.4, 0.5) is 0 Å². The summed E-state index contributed by atoms with van der Waals surface area (Å²) in [5.41, 5.74) is 1.39. The summed E-state index contributed by atoms with van der Waals surface area (Å²) in [5.74, 6) is 0.349. The van der Waals surface area contributed by atoms with Gasteiger partial charge in [0.25, 0.3) is 5.08 Å². The second-order valence-corrected chi connectivity index (χ2v) is 8.95. The van der Waals surface area contributed by atoms with Crippen molar-refractivity contribution in [3.05, 3.63) is 30.1 Å². The summed E-state index contributed by atoms with van der Waals surface area (Å²) in [6.07, 6.45) is -1.03. The van der Waals surface area contributed by atoms with Gasteiger partial charge in [0, 0.05) is 19.9 Å². The minimum atomic E-state index is -5.44. The largest absolute Gasteiger partial charge is 0.369 e. The van der Waals surface area contributed by atoms with Gasteiger partial charge in [-0.05, 0) is 12.1 Å². The zero-order chi connectivity index (χ0) is 16.8. The van der Waals surface area contributed by atoms with E-state index >= 15 is 0 Å². The van der Waals surface area contributed by atoms with E-state index in [2.05, 4.69) is 4.98 Å². The van der Waals surface area contributed by atoms with Gasteiger partial charge in [-0.15, -0.1) is 0 Å². The molecule has 0 fully saturated rings. The third-order valence-electron chi connectivity index (χ3n) is 3.50. The first-order valence-corrected chi connectivity index (χ1v) is 9.44. The van der Waals surface area contributed by atoms with Crippen LogP contribution in [-0.2, 0) is 22.6 Å². The monoisotopic (exact) mass is 350 g/mol. The summed E-state index contributed by atoms with van der Waals surface area (Å²) in [6.45, 7) is 0. The van der Waals surface area contributed by atoms with Crippen LogP contribution in [-0.4, -0.2) is 39.3 Å². The van der Waals surface area contributed by atoms with Crippen LogP contribution in [0.3, 0.4) is 0 Å². The third-order valence-corrected chi connectivity index (χ3v) is 7.37. The van der Waals surface area contributed by atoms with Crippen molar-refractivity contribution < 1.29 is 33.8 Å². The van der Waals surface area contributed by atoms with E-state index in [9.17, 15) is 14.2 Å². The van der Waals surface area contributed by atoms with Crippen LogP contribution >= 0.6 is 15.2 Å². The standard InChI is InChI=1S/C11H16N2O7P2/c1-13-9-5-3-2-4-8(9)12-10(13)6-7-11(14,21(15,16)17)22(18,19)20/h2-5,14H,6-7H2,1H3,(H2,15,16,17)(H2,18,19,20). The number of hydrogen-bond acceptors (Lipinski definition) is 4. The Balaban J connectivity index is 2.35. The maximum atomic E-state index is 11.3. The molecule has 122 valence electrons. The van der Waals surface area contributed by atoms with Gasteiger partial charge in [-0.25, -0.2) is 4.98 Å². The van der Waals surface area contributed by atoms with E-state index in [-0.39, 0.29) is 6.42 Å². The zero-order valence-corrected chi connectivity index (χ0v) is 13.4. The van der Waals surface area contributed by atoms with E-state index in [0.717, 1.165) is 5.52 Å². The molecular formula is C11H16N2O7P2. The lowest BCUT2D eigenvalue weighted by atomic mass is 10.3. The number of nitrogens with zero attached hydrogens (tertiary/aromatic N) is 2. The van der Waals surface area contributed by atoms with Crippen LogP contribution in [0.2, 0.25) is 0 Å². The molecule has 5 N–H and O–H groups in total. The molecule has 0 bridgehead atoms. The van der Waals surface area contributed by atoms with E-state index in [1.54, 1.807) is 35.9 Å². The highest BCUT2D eigenvalue weighted by Crippen LogP contribution is 2.69. The van der Waals surface area contributed by atoms with E-state index in [4.69, 9.17) is 19.6 Å². The van der Waals surface area contributed by atoms with Gasteiger partial charge in [-0.3, -0.25) is 9.13 Å². The molecule has 0 atom stereocenters. The molecule has 0 radical (unpaired) electrons. The average Bonchev–Trinajstić information content (AvgIpc) is 2.71. The number of hydrogen-bond donors (Lipinski definition) is 5. The Morgan fingerprint density at radius 1 is 1.14 bits per heavy atom. The Hall–Kier alpha value is -1.05. The number of aliphatic hydroxyl groups is 1. The van der Waals surface area contributed by atoms with E-state index in [0.29, 0.717) is 11.3 Å². The van der Waals surface area contributed by atoms with Gasteiger partial charge in [0.05, 0.1) is 11.0 Å². The van der Waals surface area contributed by atoms with Crippen molar-refractivity contribution >= 4 is 26.2 Å². The van der Waals surface area contributed by atoms with Crippen molar-refractivity contribution in [1.82, 2.24) is 9.55 Å². The highest BCUT2D eigenvalue weighted by Gasteiger charge is 2.58. The van der Waals surface area contributed by atoms with Crippen LogP contribution in [0.25, 0.3) is 11.0 Å². The zero-order valence-electron chi connectivity index (χ0n) is 11.6. The summed E-state index contributed by atoms with van der Waals surface area (Å²) in [6, 6.07) is 7.07. The molecule has 0 spiro atoms. The van der Waals surface area contributed by atoms with Gasteiger partial charge in [0.1, 0.15) is 5.82 Å². The quantitative estimate of drug-likeness (QED) is 0.489. The van der Waals surface area contributed by atoms with Crippen LogP contribution < -0.4 is 0 Å². The summed E-state index contributed by atoms with van der Waals surface area (Å²) < 4.78 is 24.2. The number of rotatable bonds is 5. The minimum Gasteiger partial charge on any atom is -0.368 e. The highest BCUT2D eigenvalue weighted by atomic mass is 31.2. The lowest BCUT2D eigenvalue weighted by molar-refractivity contribution is 0.122. The van der Waals surface area contributed by atoms with Crippen molar-refractivity contribution in [3.8, 4) is 0 Å². The van der Waals surface area contributed by atoms with Crippen molar-refractivity contribution in [2.45, 2.75) is 17.9 Å². The molecule has 0 aliphatic carbocycles. The fourth-order valence-electron chi connectivity index (χ4n) is 2.16. The number of aryl methyl sites for hydroxylation is 2. The first-order chi connectivity index (χ1) is 9.97. The first kappa shape index (κ1) is 17.3. The molecule has 0 aliphatic heterocycles. The maximum absolute atomic E-state index is 11.3. The molecule has 0 amide bonds. The molecule has 2 rings (SSSR count). The third kappa shape index (κ3) is 2.89. The topological polar surface area (TPSA) is 153 Å². The van der Waals surface area contributed by atoms with Crippen LogP contribution in [0.5, 0.6) is 0 Å². The van der Waals surface area contributed by atoms with Crippen LogP contribution in [0.1, 0.15) is 12.2 Å². The van der Waals surface area contributed by atoms with Crippen molar-refractivity contribution in [3.63, 3.8) is 0 Å². The molecule has 1 aromatic carbocycles. The molecule has 9 nitrogen and oxygen atoms in total. The summed E-state index contributed by atoms with van der Waals surface area (Å²) >= 11 is 0. The Morgan fingerprint density at radius 3 is 2.18 bits per heavy atom. The lowest BCUT2D eigenvalue weighted by Crippen LogP contribution is -2.29. The van der Waals surface area contributed by atoms with Gasteiger partial charge in [0.15, 0.2) is 0 Å². The van der Waals surface area contributed by atoms with Crippen LogP contribution in [0, 0.1) is 0 Å². The molecule has 0 unspecified atom stereocenters. The summed E-state index contributed by atoms with van der Waals surface area (Å²) in [5, 5.41) is 6.43. The van der Waals surface area contributed by atoms with Crippen LogP contribution in [0.15, 0.2) is 24.3 Å². The molecule has 11 heteroatoms. The van der Waals surface area contributed by atoms with Gasteiger partial charge in [-0.1, -0.05) is 12.1 Å². The average molecular weight is 350 g/mol. The lowest BCUT2D eigenvalue weighted by Gasteiger charge is -2.28. The Bertz CT molecular complexity index is 769. The molecule has 0 saturated heterocycles. The molecule has 0 saturated carbocycles. The second kappa shape index (κ2) is 5.54. The molecule has 22 heavy (non-hydrogen) atoms. The van der Waals surface area contributed by atoms with Gasteiger partial charge in [0.2, 0.25) is 0 Å². The van der Waals surface area contributed by atoms with Crippen molar-refractivity contribution in [2.24, 2.45) is 7.05 Å². The predicted molar refractivity (Wildman–Crippen MR) is 78.1 cm³/mol. The van der Waals surface area contributed by atoms with Crippen molar-refractivity contribution in [2.75, 3.05) is 0 Å². The first-order valence-electron chi connectivity index (χ1n) is 6.21. The van der Waals surface area contributed by atoms with Gasteiger partial charge < -0.3 is 29.2 Å². The van der Waals surface area contributed by atoms with Gasteiger partial charge >= 0.3 is 15.2 Å². The SMILES string of the molecule is Cn1c(CCC(O)(P(=O)(O)O)P(=O)(O)O)nc2ccccc21. The van der Waals surface area contributed by atoms with E-state index in [1.807, 2.05) is 0 Å². The number of fused-ring (bicyclic) bond motifs is 1. The molecular weight excluding hydrogens is 334 g/mol. The molecule has 2 aromatic rings. The Morgan fingerprint density at radius 2 is 1.68 bits per heavy atom.